The normalized spacial score (nSPS) is 10.6. The molecule has 0 aliphatic rings. The van der Waals surface area contributed by atoms with Crippen molar-refractivity contribution < 1.29 is 4.74 Å². The van der Waals surface area contributed by atoms with E-state index in [0.29, 0.717) is 11.7 Å². The molecular formula is C13H17N3OS. The molecule has 18 heavy (non-hydrogen) atoms. The molecule has 2 aromatic rings. The van der Waals surface area contributed by atoms with Crippen molar-refractivity contribution in [1.82, 2.24) is 9.36 Å². The number of hydrogen-bond donors (Lipinski definition) is 1. The van der Waals surface area contributed by atoms with Crippen LogP contribution in [0.4, 0.5) is 0 Å². The number of ether oxygens (including phenoxy) is 1. The van der Waals surface area contributed by atoms with Crippen LogP contribution in [-0.2, 0) is 13.0 Å². The Kier molecular flexibility index (Phi) is 4.28. The quantitative estimate of drug-likeness (QED) is 0.900. The van der Waals surface area contributed by atoms with Crippen LogP contribution in [0.3, 0.4) is 0 Å². The van der Waals surface area contributed by atoms with Gasteiger partial charge in [0.2, 0.25) is 0 Å². The Morgan fingerprint density at radius 1 is 1.39 bits per heavy atom. The van der Waals surface area contributed by atoms with Crippen LogP contribution in [0.2, 0.25) is 0 Å². The maximum Gasteiger partial charge on any atom is 0.298 e. The lowest BCUT2D eigenvalue weighted by Gasteiger charge is -2.06. The average Bonchev–Trinajstić information content (AvgIpc) is 2.80. The monoisotopic (exact) mass is 263 g/mol. The van der Waals surface area contributed by atoms with Crippen LogP contribution < -0.4 is 10.5 Å². The van der Waals surface area contributed by atoms with Crippen LogP contribution in [-0.4, -0.2) is 9.36 Å². The summed E-state index contributed by atoms with van der Waals surface area (Å²) in [5, 5.41) is 0.593. The molecule has 0 atom stereocenters. The van der Waals surface area contributed by atoms with E-state index in [0.717, 1.165) is 35.5 Å². The van der Waals surface area contributed by atoms with E-state index in [1.54, 1.807) is 0 Å². The average molecular weight is 263 g/mol. The number of hydrogen-bond acceptors (Lipinski definition) is 5. The molecule has 1 aromatic heterocycles. The first-order chi connectivity index (χ1) is 8.72. The zero-order valence-electron chi connectivity index (χ0n) is 10.6. The van der Waals surface area contributed by atoms with Crippen LogP contribution in [0.15, 0.2) is 18.2 Å². The van der Waals surface area contributed by atoms with Gasteiger partial charge in [-0.25, -0.2) is 0 Å². The van der Waals surface area contributed by atoms with Crippen molar-refractivity contribution in [2.24, 2.45) is 5.73 Å². The molecule has 0 amide bonds. The molecule has 0 saturated carbocycles. The number of nitrogens with two attached hydrogens (primary N) is 1. The van der Waals surface area contributed by atoms with Crippen LogP contribution in [0.25, 0.3) is 0 Å². The Bertz CT molecular complexity index is 525. The van der Waals surface area contributed by atoms with Gasteiger partial charge in [0.05, 0.1) is 0 Å². The fourth-order valence-corrected chi connectivity index (χ4v) is 2.17. The zero-order chi connectivity index (χ0) is 13.0. The highest BCUT2D eigenvalue weighted by molar-refractivity contribution is 7.07. The number of aromatic nitrogens is 2. The van der Waals surface area contributed by atoms with Crippen molar-refractivity contribution in [2.45, 2.75) is 33.2 Å². The Morgan fingerprint density at radius 2 is 2.22 bits per heavy atom. The minimum atomic E-state index is 0.508. The highest BCUT2D eigenvalue weighted by Crippen LogP contribution is 2.27. The van der Waals surface area contributed by atoms with Crippen LogP contribution in [0, 0.1) is 6.92 Å². The lowest BCUT2D eigenvalue weighted by atomic mass is 10.1. The summed E-state index contributed by atoms with van der Waals surface area (Å²) in [6.07, 6.45) is 1.93. The molecule has 2 rings (SSSR count). The second-order valence-electron chi connectivity index (χ2n) is 4.13. The summed E-state index contributed by atoms with van der Waals surface area (Å²) in [5.41, 5.74) is 7.74. The Labute approximate surface area is 111 Å². The van der Waals surface area contributed by atoms with E-state index in [9.17, 15) is 0 Å². The summed E-state index contributed by atoms with van der Waals surface area (Å²) in [6.45, 7) is 4.62. The molecule has 5 heteroatoms. The smallest absolute Gasteiger partial charge is 0.298 e. The SMILES string of the molecule is CCCc1nsc(Oc2cc(CN)ccc2C)n1. The molecule has 0 unspecified atom stereocenters. The van der Waals surface area contributed by atoms with Gasteiger partial charge in [0, 0.05) is 24.5 Å². The lowest BCUT2D eigenvalue weighted by Crippen LogP contribution is -1.97. The molecule has 0 aliphatic carbocycles. The van der Waals surface area contributed by atoms with Crippen molar-refractivity contribution in [1.29, 1.82) is 0 Å². The molecule has 1 heterocycles. The maximum absolute atomic E-state index is 5.77. The Hall–Kier alpha value is -1.46. The Morgan fingerprint density at radius 3 is 2.94 bits per heavy atom. The fourth-order valence-electron chi connectivity index (χ4n) is 1.58. The van der Waals surface area contributed by atoms with Gasteiger partial charge in [0.15, 0.2) is 0 Å². The van der Waals surface area contributed by atoms with Gasteiger partial charge >= 0.3 is 0 Å². The Balaban J connectivity index is 2.16. The van der Waals surface area contributed by atoms with E-state index in [1.807, 2.05) is 25.1 Å². The third kappa shape index (κ3) is 3.05. The molecule has 0 aliphatic heterocycles. The molecule has 2 N–H and O–H groups in total. The van der Waals surface area contributed by atoms with Crippen molar-refractivity contribution >= 4 is 11.5 Å². The molecule has 96 valence electrons. The number of benzene rings is 1. The first kappa shape index (κ1) is 13.0. The molecule has 0 fully saturated rings. The largest absolute Gasteiger partial charge is 0.430 e. The molecule has 0 radical (unpaired) electrons. The van der Waals surface area contributed by atoms with Crippen LogP contribution in [0.5, 0.6) is 10.9 Å². The van der Waals surface area contributed by atoms with Crippen molar-refractivity contribution in [2.75, 3.05) is 0 Å². The number of rotatable bonds is 5. The molecular weight excluding hydrogens is 246 g/mol. The van der Waals surface area contributed by atoms with Gasteiger partial charge in [-0.1, -0.05) is 19.1 Å². The van der Waals surface area contributed by atoms with Crippen molar-refractivity contribution in [3.63, 3.8) is 0 Å². The summed E-state index contributed by atoms with van der Waals surface area (Å²) in [4.78, 5) is 4.35. The maximum atomic E-state index is 5.77. The standard InChI is InChI=1S/C13H17N3OS/c1-3-4-12-15-13(18-16-12)17-11-7-10(8-14)6-5-9(11)2/h5-7H,3-4,8,14H2,1-2H3. The van der Waals surface area contributed by atoms with E-state index in [-0.39, 0.29) is 0 Å². The first-order valence-electron chi connectivity index (χ1n) is 6.03. The topological polar surface area (TPSA) is 61.0 Å². The molecule has 1 aromatic carbocycles. The highest BCUT2D eigenvalue weighted by atomic mass is 32.1. The van der Waals surface area contributed by atoms with Crippen LogP contribution >= 0.6 is 11.5 Å². The van der Waals surface area contributed by atoms with Gasteiger partial charge in [-0.15, -0.1) is 0 Å². The summed E-state index contributed by atoms with van der Waals surface area (Å²) in [5.74, 6) is 1.65. The van der Waals surface area contributed by atoms with Crippen molar-refractivity contribution in [3.8, 4) is 10.9 Å². The minimum Gasteiger partial charge on any atom is -0.430 e. The highest BCUT2D eigenvalue weighted by Gasteiger charge is 2.08. The predicted molar refractivity (Wildman–Crippen MR) is 73.0 cm³/mol. The van der Waals surface area contributed by atoms with E-state index in [2.05, 4.69) is 16.3 Å². The summed E-state index contributed by atoms with van der Waals surface area (Å²) in [6, 6.07) is 5.96. The third-order valence-electron chi connectivity index (χ3n) is 2.61. The minimum absolute atomic E-state index is 0.508. The van der Waals surface area contributed by atoms with Gasteiger partial charge in [-0.2, -0.15) is 9.36 Å². The fraction of sp³-hybridized carbons (Fsp3) is 0.385. The molecule has 4 nitrogen and oxygen atoms in total. The van der Waals surface area contributed by atoms with Gasteiger partial charge in [0.25, 0.3) is 5.19 Å². The number of aryl methyl sites for hydroxylation is 2. The van der Waals surface area contributed by atoms with Gasteiger partial charge in [-0.05, 0) is 30.5 Å². The van der Waals surface area contributed by atoms with E-state index < -0.39 is 0 Å². The predicted octanol–water partition coefficient (Wildman–Crippen LogP) is 3.05. The zero-order valence-corrected chi connectivity index (χ0v) is 11.5. The van der Waals surface area contributed by atoms with Gasteiger partial charge < -0.3 is 10.5 Å². The molecule has 0 bridgehead atoms. The van der Waals surface area contributed by atoms with E-state index in [4.69, 9.17) is 10.5 Å². The third-order valence-corrected chi connectivity index (χ3v) is 3.24. The van der Waals surface area contributed by atoms with Crippen molar-refractivity contribution in [3.05, 3.63) is 35.2 Å². The van der Waals surface area contributed by atoms with Crippen LogP contribution in [0.1, 0.15) is 30.3 Å². The van der Waals surface area contributed by atoms with E-state index in [1.165, 1.54) is 11.5 Å². The second kappa shape index (κ2) is 5.93. The lowest BCUT2D eigenvalue weighted by molar-refractivity contribution is 0.472. The molecule has 0 spiro atoms. The molecule has 0 saturated heterocycles. The number of nitrogens with zero attached hydrogens (tertiary/aromatic N) is 2. The van der Waals surface area contributed by atoms with Gasteiger partial charge in [0.1, 0.15) is 11.6 Å². The van der Waals surface area contributed by atoms with E-state index >= 15 is 0 Å². The summed E-state index contributed by atoms with van der Waals surface area (Å²) in [7, 11) is 0. The summed E-state index contributed by atoms with van der Waals surface area (Å²) < 4.78 is 10.0. The second-order valence-corrected chi connectivity index (χ2v) is 4.85. The van der Waals surface area contributed by atoms with Gasteiger partial charge in [-0.3, -0.25) is 0 Å². The summed E-state index contributed by atoms with van der Waals surface area (Å²) >= 11 is 1.29. The first-order valence-corrected chi connectivity index (χ1v) is 6.80.